The van der Waals surface area contributed by atoms with Crippen LogP contribution in [0, 0.1) is 0 Å². The van der Waals surface area contributed by atoms with Gasteiger partial charge in [-0.15, -0.1) is 0 Å². The molecule has 2 rings (SSSR count). The molecular weight excluding hydrogens is 306 g/mol. The van der Waals surface area contributed by atoms with Gasteiger partial charge >= 0.3 is 5.97 Å². The molecule has 0 aromatic heterocycles. The van der Waals surface area contributed by atoms with Gasteiger partial charge in [0.15, 0.2) is 0 Å². The zero-order chi connectivity index (χ0) is 16.0. The first-order chi connectivity index (χ1) is 10.5. The third-order valence-electron chi connectivity index (χ3n) is 2.75. The first-order valence-electron chi connectivity index (χ1n) is 6.44. The van der Waals surface area contributed by atoms with Crippen LogP contribution in [0.3, 0.4) is 0 Å². The second-order valence-corrected chi connectivity index (χ2v) is 5.93. The minimum atomic E-state index is -3.71. The topological polar surface area (TPSA) is 95.7 Å². The molecule has 0 saturated carbocycles. The van der Waals surface area contributed by atoms with E-state index in [4.69, 9.17) is 14.6 Å². The van der Waals surface area contributed by atoms with E-state index in [1.54, 1.807) is 24.3 Å². The third-order valence-corrected chi connectivity index (χ3v) is 3.68. The number of sulfonamides is 1. The maximum absolute atomic E-state index is 11.7. The van der Waals surface area contributed by atoms with Gasteiger partial charge in [-0.05, 0) is 36.4 Å². The SMILES string of the molecule is NS(=O)(=O)c1ccc(OCCOC(=O)c2ccccc2)cc1. The molecule has 0 aliphatic carbocycles. The maximum Gasteiger partial charge on any atom is 0.338 e. The van der Waals surface area contributed by atoms with E-state index >= 15 is 0 Å². The molecule has 0 bridgehead atoms. The number of hydrogen-bond acceptors (Lipinski definition) is 5. The summed E-state index contributed by atoms with van der Waals surface area (Å²) in [5, 5.41) is 4.99. The summed E-state index contributed by atoms with van der Waals surface area (Å²) in [6, 6.07) is 14.3. The van der Waals surface area contributed by atoms with Crippen molar-refractivity contribution in [3.05, 3.63) is 60.2 Å². The van der Waals surface area contributed by atoms with Gasteiger partial charge < -0.3 is 9.47 Å². The zero-order valence-electron chi connectivity index (χ0n) is 11.6. The van der Waals surface area contributed by atoms with Gasteiger partial charge in [0.05, 0.1) is 10.5 Å². The van der Waals surface area contributed by atoms with Crippen LogP contribution in [0.1, 0.15) is 10.4 Å². The van der Waals surface area contributed by atoms with Crippen molar-refractivity contribution in [1.29, 1.82) is 0 Å². The predicted octanol–water partition coefficient (Wildman–Crippen LogP) is 1.57. The van der Waals surface area contributed by atoms with E-state index in [0.29, 0.717) is 11.3 Å². The molecule has 2 N–H and O–H groups in total. The molecule has 0 amide bonds. The smallest absolute Gasteiger partial charge is 0.338 e. The van der Waals surface area contributed by atoms with E-state index < -0.39 is 16.0 Å². The van der Waals surface area contributed by atoms with E-state index in [1.807, 2.05) is 6.07 Å². The summed E-state index contributed by atoms with van der Waals surface area (Å²) in [6.07, 6.45) is 0. The molecule has 0 heterocycles. The number of carbonyl (C=O) groups excluding carboxylic acids is 1. The summed E-state index contributed by atoms with van der Waals surface area (Å²) in [5.74, 6) is 0.0388. The Labute approximate surface area is 128 Å². The number of rotatable bonds is 6. The molecule has 6 nitrogen and oxygen atoms in total. The highest BCUT2D eigenvalue weighted by Gasteiger charge is 2.08. The summed E-state index contributed by atoms with van der Waals surface area (Å²) < 4.78 is 32.6. The maximum atomic E-state index is 11.7. The van der Waals surface area contributed by atoms with Gasteiger partial charge in [0, 0.05) is 0 Å². The lowest BCUT2D eigenvalue weighted by Crippen LogP contribution is -2.13. The van der Waals surface area contributed by atoms with Crippen molar-refractivity contribution in [2.45, 2.75) is 4.90 Å². The van der Waals surface area contributed by atoms with Gasteiger partial charge in [-0.2, -0.15) is 0 Å². The molecule has 0 aliphatic rings. The molecular formula is C15H15NO5S. The molecule has 0 aliphatic heterocycles. The molecule has 0 spiro atoms. The lowest BCUT2D eigenvalue weighted by Gasteiger charge is -2.08. The Kier molecular flexibility index (Phi) is 5.13. The lowest BCUT2D eigenvalue weighted by molar-refractivity contribution is 0.0450. The van der Waals surface area contributed by atoms with Crippen molar-refractivity contribution in [3.63, 3.8) is 0 Å². The van der Waals surface area contributed by atoms with Gasteiger partial charge in [0.25, 0.3) is 0 Å². The van der Waals surface area contributed by atoms with E-state index in [9.17, 15) is 13.2 Å². The van der Waals surface area contributed by atoms with Crippen LogP contribution in [-0.2, 0) is 14.8 Å². The first kappa shape index (κ1) is 16.0. The van der Waals surface area contributed by atoms with E-state index in [0.717, 1.165) is 0 Å². The van der Waals surface area contributed by atoms with Crippen molar-refractivity contribution in [1.82, 2.24) is 0 Å². The number of primary sulfonamides is 1. The van der Waals surface area contributed by atoms with Crippen molar-refractivity contribution in [2.24, 2.45) is 5.14 Å². The summed E-state index contributed by atoms with van der Waals surface area (Å²) in [5.41, 5.74) is 0.472. The fraction of sp³-hybridized carbons (Fsp3) is 0.133. The highest BCUT2D eigenvalue weighted by Crippen LogP contribution is 2.14. The Hall–Kier alpha value is -2.38. The number of esters is 1. The molecule has 2 aromatic rings. The van der Waals surface area contributed by atoms with Gasteiger partial charge in [0.1, 0.15) is 19.0 Å². The zero-order valence-corrected chi connectivity index (χ0v) is 12.5. The van der Waals surface area contributed by atoms with Gasteiger partial charge in [0.2, 0.25) is 10.0 Å². The van der Waals surface area contributed by atoms with Crippen LogP contribution in [0.4, 0.5) is 0 Å². The van der Waals surface area contributed by atoms with Crippen LogP contribution in [0.2, 0.25) is 0 Å². The van der Waals surface area contributed by atoms with Crippen LogP contribution in [0.15, 0.2) is 59.5 Å². The fourth-order valence-corrected chi connectivity index (χ4v) is 2.19. The molecule has 0 radical (unpaired) electrons. The second kappa shape index (κ2) is 7.06. The summed E-state index contributed by atoms with van der Waals surface area (Å²) >= 11 is 0. The Morgan fingerprint density at radius 3 is 2.18 bits per heavy atom. The molecule has 116 valence electrons. The minimum Gasteiger partial charge on any atom is -0.490 e. The second-order valence-electron chi connectivity index (χ2n) is 4.37. The van der Waals surface area contributed by atoms with Crippen LogP contribution in [-0.4, -0.2) is 27.6 Å². The lowest BCUT2D eigenvalue weighted by atomic mass is 10.2. The number of benzene rings is 2. The minimum absolute atomic E-state index is 0.00959. The van der Waals surface area contributed by atoms with E-state index in [1.165, 1.54) is 24.3 Å². The number of ether oxygens (including phenoxy) is 2. The van der Waals surface area contributed by atoms with Crippen molar-refractivity contribution in [3.8, 4) is 5.75 Å². The normalized spacial score (nSPS) is 11.0. The Morgan fingerprint density at radius 1 is 0.955 bits per heavy atom. The van der Waals surface area contributed by atoms with Crippen LogP contribution in [0.25, 0.3) is 0 Å². The summed E-state index contributed by atoms with van der Waals surface area (Å²) in [6.45, 7) is 0.248. The van der Waals surface area contributed by atoms with Crippen molar-refractivity contribution >= 4 is 16.0 Å². The summed E-state index contributed by atoms with van der Waals surface area (Å²) in [4.78, 5) is 11.7. The quantitative estimate of drug-likeness (QED) is 0.643. The number of carbonyl (C=O) groups is 1. The Balaban J connectivity index is 1.78. The molecule has 0 saturated heterocycles. The first-order valence-corrected chi connectivity index (χ1v) is 7.99. The average Bonchev–Trinajstić information content (AvgIpc) is 2.52. The van der Waals surface area contributed by atoms with E-state index in [-0.39, 0.29) is 18.1 Å². The van der Waals surface area contributed by atoms with Gasteiger partial charge in [-0.1, -0.05) is 18.2 Å². The average molecular weight is 321 g/mol. The van der Waals surface area contributed by atoms with Crippen LogP contribution < -0.4 is 9.88 Å². The van der Waals surface area contributed by atoms with Crippen LogP contribution >= 0.6 is 0 Å². The van der Waals surface area contributed by atoms with Gasteiger partial charge in [-0.25, -0.2) is 18.4 Å². The van der Waals surface area contributed by atoms with Crippen LogP contribution in [0.5, 0.6) is 5.75 Å². The monoisotopic (exact) mass is 321 g/mol. The number of hydrogen-bond donors (Lipinski definition) is 1. The number of nitrogens with two attached hydrogens (primary N) is 1. The van der Waals surface area contributed by atoms with Crippen molar-refractivity contribution in [2.75, 3.05) is 13.2 Å². The highest BCUT2D eigenvalue weighted by molar-refractivity contribution is 7.89. The largest absolute Gasteiger partial charge is 0.490 e. The highest BCUT2D eigenvalue weighted by atomic mass is 32.2. The molecule has 0 unspecified atom stereocenters. The molecule has 0 fully saturated rings. The molecule has 7 heteroatoms. The van der Waals surface area contributed by atoms with Crippen molar-refractivity contribution < 1.29 is 22.7 Å². The fourth-order valence-electron chi connectivity index (χ4n) is 1.68. The molecule has 0 atom stereocenters. The van der Waals surface area contributed by atoms with Gasteiger partial charge in [-0.3, -0.25) is 0 Å². The Bertz CT molecular complexity index is 726. The Morgan fingerprint density at radius 2 is 1.59 bits per heavy atom. The summed E-state index contributed by atoms with van der Waals surface area (Å²) in [7, 11) is -3.71. The third kappa shape index (κ3) is 4.57. The molecule has 22 heavy (non-hydrogen) atoms. The molecule has 2 aromatic carbocycles. The van der Waals surface area contributed by atoms with E-state index in [2.05, 4.69) is 0 Å². The standard InChI is InChI=1S/C15H15NO5S/c16-22(18,19)14-8-6-13(7-9-14)20-10-11-21-15(17)12-4-2-1-3-5-12/h1-9H,10-11H2,(H2,16,18,19). The predicted molar refractivity (Wildman–Crippen MR) is 80.0 cm³/mol.